The first kappa shape index (κ1) is 14.2. The quantitative estimate of drug-likeness (QED) is 0.851. The third kappa shape index (κ3) is 3.61. The molecular weight excluding hydrogens is 240 g/mol. The highest BCUT2D eigenvalue weighted by Gasteiger charge is 2.31. The van der Waals surface area contributed by atoms with Gasteiger partial charge in [-0.1, -0.05) is 6.07 Å². The van der Waals surface area contributed by atoms with Gasteiger partial charge in [0.1, 0.15) is 5.75 Å². The van der Waals surface area contributed by atoms with Crippen LogP contribution in [0.25, 0.3) is 0 Å². The molecule has 1 aliphatic rings. The van der Waals surface area contributed by atoms with Crippen molar-refractivity contribution in [2.24, 2.45) is 0 Å². The molecule has 1 aliphatic heterocycles. The van der Waals surface area contributed by atoms with E-state index in [0.717, 1.165) is 31.1 Å². The lowest BCUT2D eigenvalue weighted by Gasteiger charge is -2.41. The smallest absolute Gasteiger partial charge is 0.125 e. The van der Waals surface area contributed by atoms with Gasteiger partial charge >= 0.3 is 0 Å². The Bertz CT molecular complexity index is 446. The minimum atomic E-state index is -0.0985. The first-order valence-corrected chi connectivity index (χ1v) is 6.72. The normalized spacial score (nSPS) is 23.3. The van der Waals surface area contributed by atoms with Gasteiger partial charge in [-0.25, -0.2) is 0 Å². The van der Waals surface area contributed by atoms with Crippen LogP contribution in [-0.2, 0) is 11.3 Å². The summed E-state index contributed by atoms with van der Waals surface area (Å²) in [5, 5.41) is 0. The Kier molecular flexibility index (Phi) is 4.02. The minimum Gasteiger partial charge on any atom is -0.496 e. The number of nitrogen functional groups attached to an aromatic ring is 1. The Labute approximate surface area is 115 Å². The summed E-state index contributed by atoms with van der Waals surface area (Å²) < 4.78 is 11.3. The molecule has 0 aromatic heterocycles. The molecule has 4 heteroatoms. The fourth-order valence-electron chi connectivity index (χ4n) is 2.84. The standard InChI is InChI=1S/C15H24N2O2/c1-11-8-17(10-15(2,3)19-11)9-12-5-6-13(16)7-14(12)18-4/h5-7,11H,8-10,16H2,1-4H3. The molecule has 0 amide bonds. The molecular formula is C15H24N2O2. The summed E-state index contributed by atoms with van der Waals surface area (Å²) in [6.07, 6.45) is 0.253. The Morgan fingerprint density at radius 2 is 2.21 bits per heavy atom. The molecule has 2 N–H and O–H groups in total. The van der Waals surface area contributed by atoms with Crippen molar-refractivity contribution in [1.82, 2.24) is 4.90 Å². The SMILES string of the molecule is COc1cc(N)ccc1CN1CC(C)OC(C)(C)C1. The molecule has 19 heavy (non-hydrogen) atoms. The highest BCUT2D eigenvalue weighted by molar-refractivity contribution is 5.48. The van der Waals surface area contributed by atoms with Crippen LogP contribution in [0.3, 0.4) is 0 Å². The van der Waals surface area contributed by atoms with E-state index in [4.69, 9.17) is 15.2 Å². The summed E-state index contributed by atoms with van der Waals surface area (Å²) in [5.41, 5.74) is 7.59. The molecule has 0 aliphatic carbocycles. The maximum Gasteiger partial charge on any atom is 0.125 e. The molecule has 0 spiro atoms. The number of morpholine rings is 1. The van der Waals surface area contributed by atoms with Crippen LogP contribution in [0.4, 0.5) is 5.69 Å². The van der Waals surface area contributed by atoms with Gasteiger partial charge in [-0.05, 0) is 26.8 Å². The van der Waals surface area contributed by atoms with Gasteiger partial charge in [-0.3, -0.25) is 4.90 Å². The molecule has 1 aromatic carbocycles. The van der Waals surface area contributed by atoms with Crippen LogP contribution >= 0.6 is 0 Å². The van der Waals surface area contributed by atoms with Gasteiger partial charge in [0.25, 0.3) is 0 Å². The van der Waals surface area contributed by atoms with Crippen molar-refractivity contribution in [3.05, 3.63) is 23.8 Å². The fourth-order valence-corrected chi connectivity index (χ4v) is 2.84. The Balaban J connectivity index is 2.12. The van der Waals surface area contributed by atoms with Crippen LogP contribution in [0.2, 0.25) is 0 Å². The summed E-state index contributed by atoms with van der Waals surface area (Å²) in [5.74, 6) is 0.858. The predicted octanol–water partition coefficient (Wildman–Crippen LogP) is 2.28. The second kappa shape index (κ2) is 5.39. The minimum absolute atomic E-state index is 0.0985. The fraction of sp³-hybridized carbons (Fsp3) is 0.600. The number of methoxy groups -OCH3 is 1. The molecule has 1 heterocycles. The first-order valence-electron chi connectivity index (χ1n) is 6.72. The zero-order chi connectivity index (χ0) is 14.0. The molecule has 1 saturated heterocycles. The summed E-state index contributed by atoms with van der Waals surface area (Å²) in [7, 11) is 1.68. The lowest BCUT2D eigenvalue weighted by atomic mass is 10.0. The lowest BCUT2D eigenvalue weighted by Crippen LogP contribution is -2.51. The van der Waals surface area contributed by atoms with Crippen molar-refractivity contribution in [2.45, 2.75) is 39.0 Å². The largest absolute Gasteiger partial charge is 0.496 e. The van der Waals surface area contributed by atoms with Gasteiger partial charge in [-0.2, -0.15) is 0 Å². The van der Waals surface area contributed by atoms with Crippen LogP contribution in [-0.4, -0.2) is 36.8 Å². The molecule has 4 nitrogen and oxygen atoms in total. The molecule has 1 fully saturated rings. The monoisotopic (exact) mass is 264 g/mol. The van der Waals surface area contributed by atoms with E-state index in [1.54, 1.807) is 7.11 Å². The second-order valence-electron chi connectivity index (χ2n) is 5.93. The Hall–Kier alpha value is -1.26. The number of nitrogens with zero attached hydrogens (tertiary/aromatic N) is 1. The Morgan fingerprint density at radius 1 is 1.47 bits per heavy atom. The van der Waals surface area contributed by atoms with Crippen LogP contribution in [0.15, 0.2) is 18.2 Å². The van der Waals surface area contributed by atoms with Crippen LogP contribution in [0, 0.1) is 0 Å². The van der Waals surface area contributed by atoms with Crippen molar-refractivity contribution in [3.63, 3.8) is 0 Å². The topological polar surface area (TPSA) is 47.7 Å². The Morgan fingerprint density at radius 3 is 2.84 bits per heavy atom. The lowest BCUT2D eigenvalue weighted by molar-refractivity contribution is -0.130. The third-order valence-corrected chi connectivity index (χ3v) is 3.34. The molecule has 0 radical (unpaired) electrons. The number of benzene rings is 1. The number of ether oxygens (including phenoxy) is 2. The van der Waals surface area contributed by atoms with Crippen molar-refractivity contribution in [3.8, 4) is 5.75 Å². The van der Waals surface area contributed by atoms with Gasteiger partial charge < -0.3 is 15.2 Å². The number of rotatable bonds is 3. The van der Waals surface area contributed by atoms with Crippen molar-refractivity contribution < 1.29 is 9.47 Å². The highest BCUT2D eigenvalue weighted by atomic mass is 16.5. The van der Waals surface area contributed by atoms with Gasteiger partial charge in [0.05, 0.1) is 18.8 Å². The summed E-state index contributed by atoms with van der Waals surface area (Å²) in [6, 6.07) is 5.85. The van der Waals surface area contributed by atoms with Gasteiger partial charge in [0.15, 0.2) is 0 Å². The number of hydrogen-bond donors (Lipinski definition) is 1. The summed E-state index contributed by atoms with van der Waals surface area (Å²) in [6.45, 7) is 9.11. The number of anilines is 1. The molecule has 0 bridgehead atoms. The molecule has 2 rings (SSSR count). The molecule has 1 atom stereocenters. The van der Waals surface area contributed by atoms with E-state index in [-0.39, 0.29) is 11.7 Å². The average Bonchev–Trinajstić information content (AvgIpc) is 2.28. The van der Waals surface area contributed by atoms with Gasteiger partial charge in [-0.15, -0.1) is 0 Å². The van der Waals surface area contributed by atoms with Gasteiger partial charge in [0, 0.05) is 37.0 Å². The van der Waals surface area contributed by atoms with Crippen molar-refractivity contribution >= 4 is 5.69 Å². The van der Waals surface area contributed by atoms with Gasteiger partial charge in [0.2, 0.25) is 0 Å². The first-order chi connectivity index (χ1) is 8.89. The van der Waals surface area contributed by atoms with E-state index >= 15 is 0 Å². The summed E-state index contributed by atoms with van der Waals surface area (Å²) in [4.78, 5) is 2.40. The molecule has 106 valence electrons. The number of nitrogens with two attached hydrogens (primary N) is 1. The molecule has 1 aromatic rings. The van der Waals surface area contributed by atoms with Crippen LogP contribution in [0.1, 0.15) is 26.3 Å². The summed E-state index contributed by atoms with van der Waals surface area (Å²) >= 11 is 0. The highest BCUT2D eigenvalue weighted by Crippen LogP contribution is 2.26. The van der Waals surface area contributed by atoms with E-state index in [1.165, 1.54) is 5.56 Å². The average molecular weight is 264 g/mol. The van der Waals surface area contributed by atoms with Crippen LogP contribution in [0.5, 0.6) is 5.75 Å². The predicted molar refractivity (Wildman–Crippen MR) is 77.3 cm³/mol. The third-order valence-electron chi connectivity index (χ3n) is 3.34. The van der Waals surface area contributed by atoms with E-state index in [2.05, 4.69) is 25.7 Å². The zero-order valence-electron chi connectivity index (χ0n) is 12.3. The second-order valence-corrected chi connectivity index (χ2v) is 5.93. The molecule has 0 saturated carbocycles. The van der Waals surface area contributed by atoms with Crippen LogP contribution < -0.4 is 10.5 Å². The van der Waals surface area contributed by atoms with E-state index in [0.29, 0.717) is 0 Å². The zero-order valence-corrected chi connectivity index (χ0v) is 12.3. The van der Waals surface area contributed by atoms with E-state index < -0.39 is 0 Å². The van der Waals surface area contributed by atoms with Crippen molar-refractivity contribution in [1.29, 1.82) is 0 Å². The maximum absolute atomic E-state index is 5.92. The molecule has 1 unspecified atom stereocenters. The van der Waals surface area contributed by atoms with Crippen molar-refractivity contribution in [2.75, 3.05) is 25.9 Å². The number of hydrogen-bond acceptors (Lipinski definition) is 4. The van der Waals surface area contributed by atoms with E-state index in [9.17, 15) is 0 Å². The maximum atomic E-state index is 5.92. The van der Waals surface area contributed by atoms with E-state index in [1.807, 2.05) is 18.2 Å².